The van der Waals surface area contributed by atoms with E-state index in [0.717, 1.165) is 19.4 Å². The Morgan fingerprint density at radius 3 is 2.63 bits per heavy atom. The van der Waals surface area contributed by atoms with Crippen molar-refractivity contribution in [2.75, 3.05) is 25.4 Å². The van der Waals surface area contributed by atoms with Gasteiger partial charge in [0.05, 0.1) is 5.75 Å². The van der Waals surface area contributed by atoms with E-state index < -0.39 is 10.0 Å². The first-order valence-corrected chi connectivity index (χ1v) is 11.5. The van der Waals surface area contributed by atoms with Gasteiger partial charge in [-0.05, 0) is 54.9 Å². The molecule has 2 N–H and O–H groups in total. The third-order valence-electron chi connectivity index (χ3n) is 5.80. The Balaban J connectivity index is 1.52. The van der Waals surface area contributed by atoms with Crippen molar-refractivity contribution in [1.29, 1.82) is 0 Å². The van der Waals surface area contributed by atoms with Crippen molar-refractivity contribution in [3.8, 4) is 0 Å². The van der Waals surface area contributed by atoms with Crippen LogP contribution >= 0.6 is 0 Å². The summed E-state index contributed by atoms with van der Waals surface area (Å²) in [6.07, 6.45) is 1.59. The van der Waals surface area contributed by atoms with Crippen molar-refractivity contribution >= 4 is 15.9 Å². The average molecular weight is 394 g/mol. The Labute approximate surface area is 162 Å². The van der Waals surface area contributed by atoms with Gasteiger partial charge < -0.3 is 10.6 Å². The lowest BCUT2D eigenvalue weighted by Gasteiger charge is -2.31. The standard InChI is InChI=1S/C20H31N3O3S/c1-4-27(25,26)23-9-7-15(8-10-23)12-22-20(24)16-5-6-18-17(11-16)13-21-19(18)14(2)3/h5-6,11,14-15,19,21H,4,7-10,12-13H2,1-3H3,(H,22,24). The van der Waals surface area contributed by atoms with Gasteiger partial charge in [-0.2, -0.15) is 0 Å². The van der Waals surface area contributed by atoms with Crippen LogP contribution in [-0.4, -0.2) is 44.0 Å². The summed E-state index contributed by atoms with van der Waals surface area (Å²) < 4.78 is 25.4. The molecule has 0 aromatic heterocycles. The minimum absolute atomic E-state index is 0.0468. The van der Waals surface area contributed by atoms with Gasteiger partial charge in [0, 0.05) is 37.8 Å². The second kappa shape index (κ2) is 8.29. The first kappa shape index (κ1) is 20.3. The van der Waals surface area contributed by atoms with Gasteiger partial charge in [0.1, 0.15) is 0 Å². The zero-order valence-corrected chi connectivity index (χ0v) is 17.3. The average Bonchev–Trinajstić information content (AvgIpc) is 3.10. The minimum atomic E-state index is -3.10. The summed E-state index contributed by atoms with van der Waals surface area (Å²) in [6, 6.07) is 6.34. The van der Waals surface area contributed by atoms with E-state index in [0.29, 0.717) is 43.1 Å². The molecule has 6 nitrogen and oxygen atoms in total. The molecule has 2 aliphatic heterocycles. The van der Waals surface area contributed by atoms with Gasteiger partial charge in [-0.15, -0.1) is 0 Å². The van der Waals surface area contributed by atoms with Crippen LogP contribution in [0.5, 0.6) is 0 Å². The molecule has 0 bridgehead atoms. The number of hydrogen-bond donors (Lipinski definition) is 2. The predicted molar refractivity (Wildman–Crippen MR) is 107 cm³/mol. The maximum atomic E-state index is 12.5. The highest BCUT2D eigenvalue weighted by Gasteiger charge is 2.27. The molecular weight excluding hydrogens is 362 g/mol. The quantitative estimate of drug-likeness (QED) is 0.777. The molecule has 2 aliphatic rings. The van der Waals surface area contributed by atoms with Crippen LogP contribution in [0.25, 0.3) is 0 Å². The molecule has 1 amide bonds. The number of nitrogens with zero attached hydrogens (tertiary/aromatic N) is 1. The smallest absolute Gasteiger partial charge is 0.251 e. The first-order chi connectivity index (χ1) is 12.8. The Bertz CT molecular complexity index is 784. The van der Waals surface area contributed by atoms with Crippen LogP contribution in [-0.2, 0) is 16.6 Å². The number of benzene rings is 1. The Morgan fingerprint density at radius 2 is 2.00 bits per heavy atom. The third kappa shape index (κ3) is 4.52. The normalized spacial score (nSPS) is 21.4. The number of fused-ring (bicyclic) bond motifs is 1. The first-order valence-electron chi connectivity index (χ1n) is 9.94. The maximum absolute atomic E-state index is 12.5. The highest BCUT2D eigenvalue weighted by Crippen LogP contribution is 2.31. The molecule has 1 aromatic carbocycles. The molecule has 0 radical (unpaired) electrons. The van der Waals surface area contributed by atoms with Gasteiger partial charge in [-0.3, -0.25) is 4.79 Å². The molecular formula is C20H31N3O3S. The fourth-order valence-electron chi connectivity index (χ4n) is 4.04. The molecule has 3 rings (SSSR count). The number of nitrogens with one attached hydrogen (secondary N) is 2. The molecule has 150 valence electrons. The van der Waals surface area contributed by atoms with Crippen molar-refractivity contribution in [3.05, 3.63) is 34.9 Å². The summed E-state index contributed by atoms with van der Waals surface area (Å²) >= 11 is 0. The van der Waals surface area contributed by atoms with Crippen LogP contribution in [0.4, 0.5) is 0 Å². The fraction of sp³-hybridized carbons (Fsp3) is 0.650. The predicted octanol–water partition coefficient (Wildman–Crippen LogP) is 2.28. The van der Waals surface area contributed by atoms with Crippen molar-refractivity contribution in [2.24, 2.45) is 11.8 Å². The zero-order valence-electron chi connectivity index (χ0n) is 16.5. The third-order valence-corrected chi connectivity index (χ3v) is 7.68. The Kier molecular flexibility index (Phi) is 6.23. The van der Waals surface area contributed by atoms with Crippen LogP contribution in [0.3, 0.4) is 0 Å². The Hall–Kier alpha value is -1.44. The number of rotatable bonds is 6. The van der Waals surface area contributed by atoms with Crippen molar-refractivity contribution < 1.29 is 13.2 Å². The fourth-order valence-corrected chi connectivity index (χ4v) is 5.17. The summed E-state index contributed by atoms with van der Waals surface area (Å²) in [5.74, 6) is 0.959. The van der Waals surface area contributed by atoms with Gasteiger partial charge in [0.2, 0.25) is 10.0 Å². The number of hydrogen-bond acceptors (Lipinski definition) is 4. The molecule has 0 saturated carbocycles. The van der Waals surface area contributed by atoms with Gasteiger partial charge in [0.15, 0.2) is 0 Å². The Morgan fingerprint density at radius 1 is 1.30 bits per heavy atom. The monoisotopic (exact) mass is 393 g/mol. The molecule has 1 saturated heterocycles. The van der Waals surface area contributed by atoms with E-state index in [1.165, 1.54) is 11.1 Å². The van der Waals surface area contributed by atoms with Crippen molar-refractivity contribution in [1.82, 2.24) is 14.9 Å². The van der Waals surface area contributed by atoms with Gasteiger partial charge >= 0.3 is 0 Å². The molecule has 1 aromatic rings. The van der Waals surface area contributed by atoms with Crippen LogP contribution in [0.15, 0.2) is 18.2 Å². The number of carbonyl (C=O) groups is 1. The second-order valence-electron chi connectivity index (χ2n) is 7.97. The van der Waals surface area contributed by atoms with Crippen molar-refractivity contribution in [2.45, 2.75) is 46.2 Å². The second-order valence-corrected chi connectivity index (χ2v) is 10.2. The van der Waals surface area contributed by atoms with Gasteiger partial charge in [0.25, 0.3) is 5.91 Å². The molecule has 0 spiro atoms. The highest BCUT2D eigenvalue weighted by molar-refractivity contribution is 7.89. The lowest BCUT2D eigenvalue weighted by molar-refractivity contribution is 0.0941. The molecule has 2 heterocycles. The maximum Gasteiger partial charge on any atom is 0.251 e. The van der Waals surface area contributed by atoms with Gasteiger partial charge in [-0.1, -0.05) is 19.9 Å². The molecule has 1 fully saturated rings. The lowest BCUT2D eigenvalue weighted by atomic mass is 9.94. The largest absolute Gasteiger partial charge is 0.352 e. The number of sulfonamides is 1. The number of piperidine rings is 1. The van der Waals surface area contributed by atoms with E-state index in [1.54, 1.807) is 11.2 Å². The number of amides is 1. The molecule has 27 heavy (non-hydrogen) atoms. The van der Waals surface area contributed by atoms with Crippen LogP contribution in [0, 0.1) is 11.8 Å². The van der Waals surface area contributed by atoms with E-state index in [4.69, 9.17) is 0 Å². The summed E-state index contributed by atoms with van der Waals surface area (Å²) in [5.41, 5.74) is 3.21. The van der Waals surface area contributed by atoms with E-state index >= 15 is 0 Å². The van der Waals surface area contributed by atoms with E-state index in [9.17, 15) is 13.2 Å². The van der Waals surface area contributed by atoms with E-state index in [1.807, 2.05) is 12.1 Å². The highest BCUT2D eigenvalue weighted by atomic mass is 32.2. The molecule has 1 atom stereocenters. The summed E-state index contributed by atoms with van der Waals surface area (Å²) in [4.78, 5) is 12.5. The SMILES string of the molecule is CCS(=O)(=O)N1CCC(CNC(=O)c2ccc3c(c2)CNC3C(C)C)CC1. The van der Waals surface area contributed by atoms with Crippen LogP contribution in [0.2, 0.25) is 0 Å². The zero-order chi connectivity index (χ0) is 19.6. The summed E-state index contributed by atoms with van der Waals surface area (Å²) in [7, 11) is -3.10. The van der Waals surface area contributed by atoms with E-state index in [-0.39, 0.29) is 11.7 Å². The summed E-state index contributed by atoms with van der Waals surface area (Å²) in [5, 5.41) is 6.54. The van der Waals surface area contributed by atoms with Crippen LogP contribution < -0.4 is 10.6 Å². The number of carbonyl (C=O) groups excluding carboxylic acids is 1. The molecule has 0 aliphatic carbocycles. The van der Waals surface area contributed by atoms with Crippen LogP contribution in [0.1, 0.15) is 61.1 Å². The van der Waals surface area contributed by atoms with Crippen molar-refractivity contribution in [3.63, 3.8) is 0 Å². The lowest BCUT2D eigenvalue weighted by Crippen LogP contribution is -2.42. The van der Waals surface area contributed by atoms with E-state index in [2.05, 4.69) is 30.5 Å². The topological polar surface area (TPSA) is 78.5 Å². The minimum Gasteiger partial charge on any atom is -0.352 e. The van der Waals surface area contributed by atoms with Gasteiger partial charge in [-0.25, -0.2) is 12.7 Å². The molecule has 1 unspecified atom stereocenters. The molecule has 7 heteroatoms. The summed E-state index contributed by atoms with van der Waals surface area (Å²) in [6.45, 7) is 8.59.